The van der Waals surface area contributed by atoms with Gasteiger partial charge in [0, 0.05) is 5.56 Å². The third-order valence-electron chi connectivity index (χ3n) is 2.65. The minimum absolute atomic E-state index is 0.0277. The van der Waals surface area contributed by atoms with Gasteiger partial charge < -0.3 is 5.32 Å². The molecule has 0 spiro atoms. The first kappa shape index (κ1) is 13.6. The molecule has 0 bridgehead atoms. The number of amides is 1. The summed E-state index contributed by atoms with van der Waals surface area (Å²) in [4.78, 5) is 20.4. The Morgan fingerprint density at radius 1 is 1.15 bits per heavy atom. The van der Waals surface area contributed by atoms with Gasteiger partial charge in [0.05, 0.1) is 11.0 Å². The first-order chi connectivity index (χ1) is 9.52. The van der Waals surface area contributed by atoms with Crippen molar-refractivity contribution in [2.45, 2.75) is 0 Å². The molecule has 0 fully saturated rings. The van der Waals surface area contributed by atoms with Crippen molar-refractivity contribution >= 4 is 17.8 Å². The van der Waals surface area contributed by atoms with E-state index in [1.165, 1.54) is 12.1 Å². The lowest BCUT2D eigenvalue weighted by molar-refractivity contribution is -0.384. The van der Waals surface area contributed by atoms with Crippen LogP contribution in [-0.4, -0.2) is 11.3 Å². The highest BCUT2D eigenvalue weighted by Gasteiger charge is 2.19. The molecule has 2 aromatic rings. The second-order valence-corrected chi connectivity index (χ2v) is 3.88. The zero-order valence-corrected chi connectivity index (χ0v) is 9.97. The first-order valence-electron chi connectivity index (χ1n) is 5.47. The summed E-state index contributed by atoms with van der Waals surface area (Å²) in [6.45, 7) is 0. The van der Waals surface area contributed by atoms with E-state index < -0.39 is 22.2 Å². The van der Waals surface area contributed by atoms with Gasteiger partial charge in [0.2, 0.25) is 6.41 Å². The molecule has 0 aliphatic rings. The fourth-order valence-electron chi connectivity index (χ4n) is 1.74. The van der Waals surface area contributed by atoms with Crippen LogP contribution in [0.4, 0.5) is 20.2 Å². The van der Waals surface area contributed by atoms with E-state index in [0.717, 1.165) is 18.2 Å². The molecule has 0 saturated heterocycles. The maximum atomic E-state index is 13.9. The molecular formula is C13H8F2N2O3. The number of carbonyl (C=O) groups excluding carboxylic acids is 1. The topological polar surface area (TPSA) is 72.2 Å². The third-order valence-corrected chi connectivity index (χ3v) is 2.65. The van der Waals surface area contributed by atoms with E-state index in [2.05, 4.69) is 5.32 Å². The molecule has 0 aliphatic heterocycles. The molecule has 0 unspecified atom stereocenters. The summed E-state index contributed by atoms with van der Waals surface area (Å²) < 4.78 is 26.7. The van der Waals surface area contributed by atoms with Crippen molar-refractivity contribution < 1.29 is 18.5 Å². The average Bonchev–Trinajstić information content (AvgIpc) is 2.41. The van der Waals surface area contributed by atoms with Crippen molar-refractivity contribution in [2.24, 2.45) is 0 Å². The fourth-order valence-corrected chi connectivity index (χ4v) is 1.74. The maximum absolute atomic E-state index is 13.9. The van der Waals surface area contributed by atoms with Crippen molar-refractivity contribution in [1.29, 1.82) is 0 Å². The van der Waals surface area contributed by atoms with Crippen molar-refractivity contribution in [3.63, 3.8) is 0 Å². The number of nitro groups is 1. The van der Waals surface area contributed by atoms with Crippen LogP contribution in [0, 0.1) is 21.7 Å². The molecule has 1 N–H and O–H groups in total. The van der Waals surface area contributed by atoms with E-state index in [4.69, 9.17) is 0 Å². The van der Waals surface area contributed by atoms with Crippen LogP contribution < -0.4 is 5.32 Å². The van der Waals surface area contributed by atoms with Crippen LogP contribution >= 0.6 is 0 Å². The molecule has 1 amide bonds. The molecule has 0 heterocycles. The quantitative estimate of drug-likeness (QED) is 0.530. The molecule has 7 heteroatoms. The van der Waals surface area contributed by atoms with Gasteiger partial charge in [-0.1, -0.05) is 12.1 Å². The highest BCUT2D eigenvalue weighted by Crippen LogP contribution is 2.33. The van der Waals surface area contributed by atoms with Gasteiger partial charge >= 0.3 is 0 Å². The standard InChI is InChI=1S/C13H8F2N2O3/c14-9-3-1-8(2-4-9)10-5-12(16-7-18)13(17(19)20)6-11(10)15/h1-7H,(H,16,18). The minimum atomic E-state index is -0.834. The molecule has 0 saturated carbocycles. The summed E-state index contributed by atoms with van der Waals surface area (Å²) >= 11 is 0. The van der Waals surface area contributed by atoms with E-state index in [0.29, 0.717) is 11.6 Å². The number of nitrogens with one attached hydrogen (secondary N) is 1. The molecule has 0 radical (unpaired) electrons. The van der Waals surface area contributed by atoms with Gasteiger partial charge in [-0.05, 0) is 23.8 Å². The Bertz CT molecular complexity index is 672. The second kappa shape index (κ2) is 5.43. The number of hydrogen-bond acceptors (Lipinski definition) is 3. The van der Waals surface area contributed by atoms with E-state index in [-0.39, 0.29) is 17.7 Å². The summed E-state index contributed by atoms with van der Waals surface area (Å²) in [7, 11) is 0. The number of nitrogens with zero attached hydrogens (tertiary/aromatic N) is 1. The van der Waals surface area contributed by atoms with E-state index in [1.54, 1.807) is 0 Å². The van der Waals surface area contributed by atoms with Gasteiger partial charge in [-0.3, -0.25) is 14.9 Å². The molecule has 0 aliphatic carbocycles. The Morgan fingerprint density at radius 2 is 1.80 bits per heavy atom. The van der Waals surface area contributed by atoms with E-state index in [1.807, 2.05) is 0 Å². The summed E-state index contributed by atoms with van der Waals surface area (Å²) in [5.74, 6) is -1.32. The molecule has 0 atom stereocenters. The van der Waals surface area contributed by atoms with Crippen molar-refractivity contribution in [2.75, 3.05) is 5.32 Å². The smallest absolute Gasteiger partial charge is 0.295 e. The van der Waals surface area contributed by atoms with Gasteiger partial charge in [0.25, 0.3) is 5.69 Å². The lowest BCUT2D eigenvalue weighted by Crippen LogP contribution is -2.01. The van der Waals surface area contributed by atoms with Gasteiger partial charge in [-0.15, -0.1) is 0 Å². The predicted molar refractivity (Wildman–Crippen MR) is 68.1 cm³/mol. The Kier molecular flexibility index (Phi) is 3.69. The zero-order chi connectivity index (χ0) is 14.7. The number of anilines is 1. The number of benzene rings is 2. The molecule has 102 valence electrons. The highest BCUT2D eigenvalue weighted by molar-refractivity contribution is 5.82. The molecule has 0 aromatic heterocycles. The Labute approximate surface area is 112 Å². The SMILES string of the molecule is O=CNc1cc(-c2ccc(F)cc2)c(F)cc1[N+](=O)[O-]. The Morgan fingerprint density at radius 3 is 2.35 bits per heavy atom. The minimum Gasteiger partial charge on any atom is -0.323 e. The largest absolute Gasteiger partial charge is 0.323 e. The zero-order valence-electron chi connectivity index (χ0n) is 9.97. The molecule has 2 rings (SSSR count). The first-order valence-corrected chi connectivity index (χ1v) is 5.47. The Balaban J connectivity index is 2.59. The number of rotatable bonds is 4. The van der Waals surface area contributed by atoms with Crippen molar-refractivity contribution in [3.8, 4) is 11.1 Å². The molecule has 2 aromatic carbocycles. The molecule has 20 heavy (non-hydrogen) atoms. The lowest BCUT2D eigenvalue weighted by atomic mass is 10.0. The Hall–Kier alpha value is -2.83. The molecule has 5 nitrogen and oxygen atoms in total. The van der Waals surface area contributed by atoms with Gasteiger partial charge in [0.15, 0.2) is 0 Å². The highest BCUT2D eigenvalue weighted by atomic mass is 19.1. The average molecular weight is 278 g/mol. The fraction of sp³-hybridized carbons (Fsp3) is 0. The van der Waals surface area contributed by atoms with Crippen LogP contribution in [0.5, 0.6) is 0 Å². The maximum Gasteiger partial charge on any atom is 0.295 e. The summed E-state index contributed by atoms with van der Waals surface area (Å²) in [5.41, 5.74) is -0.320. The predicted octanol–water partition coefficient (Wildman–Crippen LogP) is 3.11. The number of carbonyl (C=O) groups is 1. The van der Waals surface area contributed by atoms with Crippen molar-refractivity contribution in [3.05, 3.63) is 58.1 Å². The third kappa shape index (κ3) is 2.61. The van der Waals surface area contributed by atoms with Crippen molar-refractivity contribution in [1.82, 2.24) is 0 Å². The van der Waals surface area contributed by atoms with E-state index >= 15 is 0 Å². The van der Waals surface area contributed by atoms with Gasteiger partial charge in [-0.25, -0.2) is 8.78 Å². The summed E-state index contributed by atoms with van der Waals surface area (Å²) in [6.07, 6.45) is 0.259. The lowest BCUT2D eigenvalue weighted by Gasteiger charge is -2.07. The van der Waals surface area contributed by atoms with Crippen LogP contribution in [-0.2, 0) is 4.79 Å². The number of nitro benzene ring substituents is 1. The number of halogens is 2. The van der Waals surface area contributed by atoms with Crippen LogP contribution in [0.1, 0.15) is 0 Å². The molecular weight excluding hydrogens is 270 g/mol. The summed E-state index contributed by atoms with van der Waals surface area (Å²) in [6, 6.07) is 6.81. The van der Waals surface area contributed by atoms with Gasteiger partial charge in [-0.2, -0.15) is 0 Å². The van der Waals surface area contributed by atoms with Gasteiger partial charge in [0.1, 0.15) is 17.3 Å². The number of hydrogen-bond donors (Lipinski definition) is 1. The normalized spacial score (nSPS) is 10.1. The second-order valence-electron chi connectivity index (χ2n) is 3.88. The monoisotopic (exact) mass is 278 g/mol. The van der Waals surface area contributed by atoms with E-state index in [9.17, 15) is 23.7 Å². The summed E-state index contributed by atoms with van der Waals surface area (Å²) in [5, 5.41) is 12.9. The van der Waals surface area contributed by atoms with Crippen LogP contribution in [0.3, 0.4) is 0 Å². The van der Waals surface area contributed by atoms with Crippen LogP contribution in [0.15, 0.2) is 36.4 Å². The van der Waals surface area contributed by atoms with Crippen LogP contribution in [0.25, 0.3) is 11.1 Å². The van der Waals surface area contributed by atoms with Crippen LogP contribution in [0.2, 0.25) is 0 Å².